The Morgan fingerprint density at radius 1 is 1.00 bits per heavy atom. The summed E-state index contributed by atoms with van der Waals surface area (Å²) < 4.78 is 10.6. The van der Waals surface area contributed by atoms with Crippen LogP contribution in [-0.4, -0.2) is 17.7 Å². The molecule has 2 heterocycles. The van der Waals surface area contributed by atoms with E-state index in [2.05, 4.69) is 10.3 Å². The molecule has 0 spiro atoms. The van der Waals surface area contributed by atoms with Crippen LogP contribution in [0.5, 0.6) is 11.5 Å². The molecule has 1 aliphatic heterocycles. The molecular formula is C20H16N2O3. The minimum Gasteiger partial charge on any atom is -0.454 e. The van der Waals surface area contributed by atoms with Crippen LogP contribution in [0.15, 0.2) is 67.0 Å². The Balaban J connectivity index is 1.46. The lowest BCUT2D eigenvalue weighted by molar-refractivity contribution is 0.0951. The number of hydrogen-bond acceptors (Lipinski definition) is 4. The number of pyridine rings is 1. The highest BCUT2D eigenvalue weighted by molar-refractivity contribution is 5.95. The van der Waals surface area contributed by atoms with Gasteiger partial charge in [0.15, 0.2) is 11.5 Å². The maximum Gasteiger partial charge on any atom is 0.251 e. The predicted octanol–water partition coefficient (Wildman–Crippen LogP) is 3.41. The van der Waals surface area contributed by atoms with E-state index in [4.69, 9.17) is 9.47 Å². The van der Waals surface area contributed by atoms with Crippen molar-refractivity contribution in [3.05, 3.63) is 78.1 Å². The maximum atomic E-state index is 12.5. The van der Waals surface area contributed by atoms with Crippen molar-refractivity contribution >= 4 is 5.91 Å². The molecule has 1 aliphatic rings. The lowest BCUT2D eigenvalue weighted by atomic mass is 10.0. The first-order valence-corrected chi connectivity index (χ1v) is 7.97. The number of fused-ring (bicyclic) bond motifs is 1. The summed E-state index contributed by atoms with van der Waals surface area (Å²) in [4.78, 5) is 16.6. The monoisotopic (exact) mass is 332 g/mol. The van der Waals surface area contributed by atoms with Crippen molar-refractivity contribution in [2.24, 2.45) is 0 Å². The number of hydrogen-bond donors (Lipinski definition) is 1. The van der Waals surface area contributed by atoms with Gasteiger partial charge in [0.1, 0.15) is 0 Å². The van der Waals surface area contributed by atoms with Gasteiger partial charge in [-0.1, -0.05) is 24.3 Å². The zero-order chi connectivity index (χ0) is 17.1. The van der Waals surface area contributed by atoms with E-state index in [9.17, 15) is 4.79 Å². The number of carbonyl (C=O) groups excluding carboxylic acids is 1. The molecule has 0 unspecified atom stereocenters. The van der Waals surface area contributed by atoms with Gasteiger partial charge in [0.25, 0.3) is 5.91 Å². The van der Waals surface area contributed by atoms with Crippen LogP contribution >= 0.6 is 0 Å². The van der Waals surface area contributed by atoms with Gasteiger partial charge < -0.3 is 14.8 Å². The molecule has 0 saturated heterocycles. The van der Waals surface area contributed by atoms with Crippen LogP contribution in [0.25, 0.3) is 11.1 Å². The third-order valence-corrected chi connectivity index (χ3v) is 4.01. The van der Waals surface area contributed by atoms with E-state index in [1.165, 1.54) is 0 Å². The van der Waals surface area contributed by atoms with E-state index in [1.54, 1.807) is 18.5 Å². The average molecular weight is 332 g/mol. The molecule has 3 aromatic rings. The second-order valence-electron chi connectivity index (χ2n) is 5.69. The van der Waals surface area contributed by atoms with Gasteiger partial charge >= 0.3 is 0 Å². The first-order chi connectivity index (χ1) is 12.3. The normalized spacial score (nSPS) is 12.0. The minimum atomic E-state index is -0.122. The van der Waals surface area contributed by atoms with Gasteiger partial charge in [-0.2, -0.15) is 0 Å². The summed E-state index contributed by atoms with van der Waals surface area (Å²) in [5.74, 6) is 1.33. The van der Waals surface area contributed by atoms with Gasteiger partial charge in [-0.15, -0.1) is 0 Å². The van der Waals surface area contributed by atoms with Gasteiger partial charge in [0.05, 0.1) is 0 Å². The van der Waals surface area contributed by atoms with Crippen LogP contribution in [0.3, 0.4) is 0 Å². The molecule has 25 heavy (non-hydrogen) atoms. The van der Waals surface area contributed by atoms with E-state index >= 15 is 0 Å². The summed E-state index contributed by atoms with van der Waals surface area (Å²) in [7, 11) is 0. The second-order valence-corrected chi connectivity index (χ2v) is 5.69. The van der Waals surface area contributed by atoms with Gasteiger partial charge in [0.2, 0.25) is 6.79 Å². The number of amides is 1. The summed E-state index contributed by atoms with van der Waals surface area (Å²) in [5.41, 5.74) is 3.51. The summed E-state index contributed by atoms with van der Waals surface area (Å²) in [6, 6.07) is 17.0. The standard InChI is InChI=1S/C20H16N2O3/c23-20(22-11-14-6-7-18-19(9-14)25-13-24-18)16-4-1-3-15(10-16)17-5-2-8-21-12-17/h1-10,12H,11,13H2,(H,22,23). The van der Waals surface area contributed by atoms with Gasteiger partial charge in [-0.3, -0.25) is 9.78 Å². The quantitative estimate of drug-likeness (QED) is 0.795. The number of benzene rings is 2. The van der Waals surface area contributed by atoms with Crippen molar-refractivity contribution in [3.8, 4) is 22.6 Å². The molecule has 0 aliphatic carbocycles. The highest BCUT2D eigenvalue weighted by Crippen LogP contribution is 2.32. The lowest BCUT2D eigenvalue weighted by Crippen LogP contribution is -2.22. The van der Waals surface area contributed by atoms with Crippen molar-refractivity contribution < 1.29 is 14.3 Å². The molecule has 0 bridgehead atoms. The van der Waals surface area contributed by atoms with Crippen LogP contribution in [0.1, 0.15) is 15.9 Å². The topological polar surface area (TPSA) is 60.5 Å². The lowest BCUT2D eigenvalue weighted by Gasteiger charge is -2.08. The van der Waals surface area contributed by atoms with Gasteiger partial charge in [0, 0.05) is 30.1 Å². The Labute approximate surface area is 145 Å². The molecule has 1 aromatic heterocycles. The molecule has 4 rings (SSSR count). The molecule has 1 amide bonds. The first-order valence-electron chi connectivity index (χ1n) is 7.97. The molecule has 0 fully saturated rings. The molecule has 5 nitrogen and oxygen atoms in total. The number of rotatable bonds is 4. The van der Waals surface area contributed by atoms with Crippen LogP contribution in [-0.2, 0) is 6.54 Å². The molecule has 0 saturated carbocycles. The number of carbonyl (C=O) groups is 1. The van der Waals surface area contributed by atoms with Gasteiger partial charge in [-0.25, -0.2) is 0 Å². The van der Waals surface area contributed by atoms with Crippen LogP contribution in [0.4, 0.5) is 0 Å². The fourth-order valence-corrected chi connectivity index (χ4v) is 2.71. The van der Waals surface area contributed by atoms with E-state index in [0.717, 1.165) is 22.4 Å². The zero-order valence-electron chi connectivity index (χ0n) is 13.4. The highest BCUT2D eigenvalue weighted by Gasteiger charge is 2.14. The van der Waals surface area contributed by atoms with Gasteiger partial charge in [-0.05, 0) is 41.5 Å². The summed E-state index contributed by atoms with van der Waals surface area (Å²) in [6.45, 7) is 0.666. The van der Waals surface area contributed by atoms with E-state index in [0.29, 0.717) is 17.9 Å². The smallest absolute Gasteiger partial charge is 0.251 e. The van der Waals surface area contributed by atoms with Crippen molar-refractivity contribution in [2.45, 2.75) is 6.54 Å². The van der Waals surface area contributed by atoms with Crippen LogP contribution < -0.4 is 14.8 Å². The van der Waals surface area contributed by atoms with Crippen LogP contribution in [0, 0.1) is 0 Å². The fourth-order valence-electron chi connectivity index (χ4n) is 2.71. The second kappa shape index (κ2) is 6.65. The Kier molecular flexibility index (Phi) is 4.04. The largest absolute Gasteiger partial charge is 0.454 e. The van der Waals surface area contributed by atoms with Crippen molar-refractivity contribution in [2.75, 3.05) is 6.79 Å². The maximum absolute atomic E-state index is 12.5. The average Bonchev–Trinajstić information content (AvgIpc) is 3.15. The number of aromatic nitrogens is 1. The Bertz CT molecular complexity index is 910. The Morgan fingerprint density at radius 3 is 2.76 bits per heavy atom. The zero-order valence-corrected chi connectivity index (χ0v) is 13.4. The van der Waals surface area contributed by atoms with Crippen LogP contribution in [0.2, 0.25) is 0 Å². The SMILES string of the molecule is O=C(NCc1ccc2c(c1)OCO2)c1cccc(-c2cccnc2)c1. The fraction of sp³-hybridized carbons (Fsp3) is 0.100. The summed E-state index contributed by atoms with van der Waals surface area (Å²) in [6.07, 6.45) is 3.51. The molecule has 5 heteroatoms. The molecule has 2 aromatic carbocycles. The predicted molar refractivity (Wildman–Crippen MR) is 93.4 cm³/mol. The van der Waals surface area contributed by atoms with E-state index < -0.39 is 0 Å². The number of nitrogens with zero attached hydrogens (tertiary/aromatic N) is 1. The number of nitrogens with one attached hydrogen (secondary N) is 1. The Hall–Kier alpha value is -3.34. The highest BCUT2D eigenvalue weighted by atomic mass is 16.7. The van der Waals surface area contributed by atoms with Crippen molar-refractivity contribution in [1.29, 1.82) is 0 Å². The summed E-state index contributed by atoms with van der Waals surface area (Å²) in [5, 5.41) is 2.93. The minimum absolute atomic E-state index is 0.122. The third kappa shape index (κ3) is 3.30. The van der Waals surface area contributed by atoms with Crippen molar-refractivity contribution in [3.63, 3.8) is 0 Å². The first kappa shape index (κ1) is 15.2. The van der Waals surface area contributed by atoms with Crippen molar-refractivity contribution in [1.82, 2.24) is 10.3 Å². The number of ether oxygens (including phenoxy) is 2. The summed E-state index contributed by atoms with van der Waals surface area (Å²) >= 11 is 0. The molecule has 0 radical (unpaired) electrons. The molecule has 0 atom stereocenters. The van der Waals surface area contributed by atoms with E-state index in [-0.39, 0.29) is 12.7 Å². The third-order valence-electron chi connectivity index (χ3n) is 4.01. The Morgan fingerprint density at radius 2 is 1.88 bits per heavy atom. The van der Waals surface area contributed by atoms with E-state index in [1.807, 2.05) is 48.5 Å². The molecular weight excluding hydrogens is 316 g/mol. The molecule has 1 N–H and O–H groups in total. The molecule has 124 valence electrons.